The average molecular weight is 424 g/mol. The highest BCUT2D eigenvalue weighted by Gasteiger charge is 2.20. The lowest BCUT2D eigenvalue weighted by atomic mass is 10.1. The summed E-state index contributed by atoms with van der Waals surface area (Å²) in [5.41, 5.74) is 1.43. The van der Waals surface area contributed by atoms with Gasteiger partial charge in [-0.05, 0) is 47.8 Å². The first-order valence-corrected chi connectivity index (χ1v) is 9.89. The summed E-state index contributed by atoms with van der Waals surface area (Å²) in [5, 5.41) is 4.64. The summed E-state index contributed by atoms with van der Waals surface area (Å²) in [5.74, 6) is -0.540. The normalized spacial score (nSPS) is 10.2. The zero-order valence-electron chi connectivity index (χ0n) is 16.5. The Labute approximate surface area is 177 Å². The molecule has 0 saturated heterocycles. The number of para-hydroxylation sites is 1. The van der Waals surface area contributed by atoms with E-state index in [1.165, 1.54) is 23.3 Å². The number of anilines is 2. The minimum atomic E-state index is -0.481. The van der Waals surface area contributed by atoms with Crippen LogP contribution >= 0.6 is 11.3 Å². The lowest BCUT2D eigenvalue weighted by molar-refractivity contribution is -0.142. The van der Waals surface area contributed by atoms with Crippen molar-refractivity contribution in [2.75, 3.05) is 31.0 Å². The third kappa shape index (κ3) is 5.03. The molecule has 2 aromatic carbocycles. The third-order valence-corrected chi connectivity index (χ3v) is 5.10. The molecule has 0 aliphatic carbocycles. The van der Waals surface area contributed by atoms with Crippen molar-refractivity contribution in [3.8, 4) is 5.75 Å². The number of methoxy groups -OCH3 is 1. The Hall–Kier alpha value is -3.65. The van der Waals surface area contributed by atoms with Crippen molar-refractivity contribution in [1.29, 1.82) is 0 Å². The molecule has 0 spiro atoms. The molecule has 7 nitrogen and oxygen atoms in total. The van der Waals surface area contributed by atoms with E-state index < -0.39 is 5.97 Å². The second-order valence-corrected chi connectivity index (χ2v) is 7.15. The van der Waals surface area contributed by atoms with E-state index in [4.69, 9.17) is 4.74 Å². The van der Waals surface area contributed by atoms with Crippen LogP contribution in [0.1, 0.15) is 20.0 Å². The number of amides is 2. The average Bonchev–Trinajstić information content (AvgIpc) is 3.32. The van der Waals surface area contributed by atoms with Gasteiger partial charge in [-0.25, -0.2) is 4.79 Å². The first-order valence-electron chi connectivity index (χ1n) is 9.01. The molecule has 0 unspecified atom stereocenters. The van der Waals surface area contributed by atoms with Crippen molar-refractivity contribution in [3.63, 3.8) is 0 Å². The summed E-state index contributed by atoms with van der Waals surface area (Å²) in [4.78, 5) is 38.7. The zero-order valence-corrected chi connectivity index (χ0v) is 17.3. The minimum absolute atomic E-state index is 0.183. The van der Waals surface area contributed by atoms with Crippen LogP contribution in [0.2, 0.25) is 0 Å². The smallest absolute Gasteiger partial charge is 0.343 e. The van der Waals surface area contributed by atoms with E-state index in [9.17, 15) is 14.4 Å². The second kappa shape index (κ2) is 9.71. The predicted octanol–water partition coefficient (Wildman–Crippen LogP) is 3.83. The summed E-state index contributed by atoms with van der Waals surface area (Å²) in [7, 11) is 2.93. The molecular formula is C22H20N2O5S. The quantitative estimate of drug-likeness (QED) is 0.583. The number of rotatable bonds is 7. The van der Waals surface area contributed by atoms with Crippen molar-refractivity contribution in [1.82, 2.24) is 0 Å². The number of thiophene rings is 1. The molecule has 8 heteroatoms. The van der Waals surface area contributed by atoms with Crippen LogP contribution in [0.25, 0.3) is 0 Å². The van der Waals surface area contributed by atoms with Crippen molar-refractivity contribution < 1.29 is 23.9 Å². The van der Waals surface area contributed by atoms with Crippen molar-refractivity contribution >= 4 is 40.5 Å². The molecule has 1 aromatic heterocycles. The predicted molar refractivity (Wildman–Crippen MR) is 115 cm³/mol. The van der Waals surface area contributed by atoms with Crippen LogP contribution in [0, 0.1) is 0 Å². The van der Waals surface area contributed by atoms with E-state index in [2.05, 4.69) is 10.1 Å². The maximum atomic E-state index is 12.8. The fourth-order valence-corrected chi connectivity index (χ4v) is 3.37. The molecule has 2 amide bonds. The Bertz CT molecular complexity index is 1030. The molecule has 0 fully saturated rings. The first-order chi connectivity index (χ1) is 14.5. The van der Waals surface area contributed by atoms with Crippen molar-refractivity contribution in [3.05, 3.63) is 76.5 Å². The lowest BCUT2D eigenvalue weighted by Crippen LogP contribution is -2.28. The molecule has 1 heterocycles. The SMILES string of the molecule is COC(=O)COc1ccc(NC(=O)c2ccccc2N(C)C(=O)c2cccs2)cc1. The number of carbonyl (C=O) groups is 3. The molecule has 0 atom stereocenters. The Morgan fingerprint density at radius 2 is 1.73 bits per heavy atom. The van der Waals surface area contributed by atoms with Gasteiger partial charge in [-0.1, -0.05) is 18.2 Å². The van der Waals surface area contributed by atoms with Gasteiger partial charge in [-0.2, -0.15) is 0 Å². The molecule has 3 rings (SSSR count). The standard InChI is InChI=1S/C22H20N2O5S/c1-24(22(27)19-8-5-13-30-19)18-7-4-3-6-17(18)21(26)23-15-9-11-16(12-10-15)29-14-20(25)28-2/h3-13H,14H2,1-2H3,(H,23,26). The molecule has 1 N–H and O–H groups in total. The van der Waals surface area contributed by atoms with Gasteiger partial charge in [0.2, 0.25) is 0 Å². The van der Waals surface area contributed by atoms with Crippen LogP contribution in [0.3, 0.4) is 0 Å². The molecule has 0 bridgehead atoms. The number of carbonyl (C=O) groups excluding carboxylic acids is 3. The van der Waals surface area contributed by atoms with Gasteiger partial charge in [-0.15, -0.1) is 11.3 Å². The summed E-state index contributed by atoms with van der Waals surface area (Å²) in [6.07, 6.45) is 0. The van der Waals surface area contributed by atoms with E-state index in [1.807, 2.05) is 11.4 Å². The number of hydrogen-bond donors (Lipinski definition) is 1. The summed E-state index contributed by atoms with van der Waals surface area (Å²) in [6.45, 7) is -0.194. The largest absolute Gasteiger partial charge is 0.482 e. The summed E-state index contributed by atoms with van der Waals surface area (Å²) in [6, 6.07) is 17.1. The molecule has 0 aliphatic heterocycles. The van der Waals surface area contributed by atoms with Crippen LogP contribution in [0.4, 0.5) is 11.4 Å². The van der Waals surface area contributed by atoms with Gasteiger partial charge in [-0.3, -0.25) is 9.59 Å². The van der Waals surface area contributed by atoms with Crippen LogP contribution in [-0.4, -0.2) is 38.5 Å². The van der Waals surface area contributed by atoms with Crippen LogP contribution in [0.15, 0.2) is 66.0 Å². The molecule has 0 saturated carbocycles. The monoisotopic (exact) mass is 424 g/mol. The van der Waals surface area contributed by atoms with Gasteiger partial charge in [0.1, 0.15) is 5.75 Å². The van der Waals surface area contributed by atoms with E-state index in [-0.39, 0.29) is 18.4 Å². The lowest BCUT2D eigenvalue weighted by Gasteiger charge is -2.20. The number of benzene rings is 2. The Kier molecular flexibility index (Phi) is 6.82. The van der Waals surface area contributed by atoms with E-state index >= 15 is 0 Å². The highest BCUT2D eigenvalue weighted by molar-refractivity contribution is 7.12. The minimum Gasteiger partial charge on any atom is -0.482 e. The first kappa shape index (κ1) is 21.1. The van der Waals surface area contributed by atoms with Gasteiger partial charge >= 0.3 is 5.97 Å². The van der Waals surface area contributed by atoms with E-state index in [0.717, 1.165) is 0 Å². The Morgan fingerprint density at radius 3 is 2.40 bits per heavy atom. The molecule has 3 aromatic rings. The highest BCUT2D eigenvalue weighted by atomic mass is 32.1. The Balaban J connectivity index is 1.72. The van der Waals surface area contributed by atoms with Gasteiger partial charge < -0.3 is 19.7 Å². The maximum absolute atomic E-state index is 12.8. The number of hydrogen-bond acceptors (Lipinski definition) is 6. The second-order valence-electron chi connectivity index (χ2n) is 6.20. The number of esters is 1. The topological polar surface area (TPSA) is 84.9 Å². The summed E-state index contributed by atoms with van der Waals surface area (Å²) < 4.78 is 9.81. The van der Waals surface area contributed by atoms with Gasteiger partial charge in [0.05, 0.1) is 23.2 Å². The fourth-order valence-electron chi connectivity index (χ4n) is 2.67. The molecule has 0 radical (unpaired) electrons. The number of nitrogens with one attached hydrogen (secondary N) is 1. The van der Waals surface area contributed by atoms with Crippen molar-refractivity contribution in [2.45, 2.75) is 0 Å². The van der Waals surface area contributed by atoms with E-state index in [1.54, 1.807) is 61.6 Å². The van der Waals surface area contributed by atoms with Crippen LogP contribution in [0.5, 0.6) is 5.75 Å². The maximum Gasteiger partial charge on any atom is 0.343 e. The summed E-state index contributed by atoms with van der Waals surface area (Å²) >= 11 is 1.35. The molecule has 0 aliphatic rings. The van der Waals surface area contributed by atoms with Crippen molar-refractivity contribution in [2.24, 2.45) is 0 Å². The van der Waals surface area contributed by atoms with Gasteiger partial charge in [0.15, 0.2) is 6.61 Å². The van der Waals surface area contributed by atoms with Crippen LogP contribution in [-0.2, 0) is 9.53 Å². The molecule has 154 valence electrons. The van der Waals surface area contributed by atoms with Gasteiger partial charge in [0, 0.05) is 12.7 Å². The van der Waals surface area contributed by atoms with Gasteiger partial charge in [0.25, 0.3) is 11.8 Å². The number of ether oxygens (including phenoxy) is 2. The van der Waals surface area contributed by atoms with E-state index in [0.29, 0.717) is 27.6 Å². The Morgan fingerprint density at radius 1 is 1.00 bits per heavy atom. The zero-order chi connectivity index (χ0) is 21.5. The molecular weight excluding hydrogens is 404 g/mol. The van der Waals surface area contributed by atoms with Crippen LogP contribution < -0.4 is 15.0 Å². The highest BCUT2D eigenvalue weighted by Crippen LogP contribution is 2.24. The molecule has 30 heavy (non-hydrogen) atoms. The number of nitrogens with zero attached hydrogens (tertiary/aromatic N) is 1. The fraction of sp³-hybridized carbons (Fsp3) is 0.136. The third-order valence-electron chi connectivity index (χ3n) is 4.24.